The largest absolute Gasteiger partial charge is 0.411 e. The SMILES string of the molecule is CCc1nn(CCOCC(F)(F)F)c2c(Nc3ccc(C)cn3)nc(N3CCNCC3)nc12. The van der Waals surface area contributed by atoms with E-state index in [0.717, 1.165) is 37.4 Å². The monoisotopic (exact) mass is 464 g/mol. The van der Waals surface area contributed by atoms with Gasteiger partial charge >= 0.3 is 6.18 Å². The zero-order valence-corrected chi connectivity index (χ0v) is 18.6. The molecule has 0 amide bonds. The smallest absolute Gasteiger partial charge is 0.370 e. The Balaban J connectivity index is 1.72. The molecule has 1 aliphatic rings. The second kappa shape index (κ2) is 9.87. The van der Waals surface area contributed by atoms with Crippen molar-refractivity contribution >= 4 is 28.6 Å². The summed E-state index contributed by atoms with van der Waals surface area (Å²) in [7, 11) is 0. The molecular weight excluding hydrogens is 437 g/mol. The van der Waals surface area contributed by atoms with Gasteiger partial charge < -0.3 is 20.3 Å². The maximum absolute atomic E-state index is 12.5. The summed E-state index contributed by atoms with van der Waals surface area (Å²) in [6.07, 6.45) is -2.00. The first-order valence-corrected chi connectivity index (χ1v) is 10.9. The van der Waals surface area contributed by atoms with E-state index in [1.165, 1.54) is 0 Å². The summed E-state index contributed by atoms with van der Waals surface area (Å²) in [5, 5.41) is 11.2. The van der Waals surface area contributed by atoms with Crippen LogP contribution < -0.4 is 15.5 Å². The van der Waals surface area contributed by atoms with Gasteiger partial charge in [0, 0.05) is 32.4 Å². The van der Waals surface area contributed by atoms with E-state index in [4.69, 9.17) is 14.7 Å². The topological polar surface area (TPSA) is 93.0 Å². The van der Waals surface area contributed by atoms with Gasteiger partial charge in [0.05, 0.1) is 18.8 Å². The molecule has 1 aliphatic heterocycles. The van der Waals surface area contributed by atoms with Crippen molar-refractivity contribution in [2.24, 2.45) is 0 Å². The Hall–Kier alpha value is -2.99. The molecule has 9 nitrogen and oxygen atoms in total. The van der Waals surface area contributed by atoms with Crippen molar-refractivity contribution in [1.82, 2.24) is 30.0 Å². The van der Waals surface area contributed by atoms with Crippen LogP contribution in [0.1, 0.15) is 18.2 Å². The highest BCUT2D eigenvalue weighted by Gasteiger charge is 2.27. The number of rotatable bonds is 8. The highest BCUT2D eigenvalue weighted by atomic mass is 19.4. The van der Waals surface area contributed by atoms with E-state index in [1.54, 1.807) is 10.9 Å². The molecular formula is C21H27F3N8O. The second-order valence-electron chi connectivity index (χ2n) is 7.84. The summed E-state index contributed by atoms with van der Waals surface area (Å²) >= 11 is 0. The van der Waals surface area contributed by atoms with Crippen molar-refractivity contribution in [3.63, 3.8) is 0 Å². The molecule has 0 radical (unpaired) electrons. The maximum Gasteiger partial charge on any atom is 0.411 e. The number of hydrogen-bond donors (Lipinski definition) is 2. The number of piperazine rings is 1. The predicted octanol–water partition coefficient (Wildman–Crippen LogP) is 2.82. The highest BCUT2D eigenvalue weighted by Crippen LogP contribution is 2.29. The Bertz CT molecular complexity index is 1080. The molecule has 1 saturated heterocycles. The normalized spacial score (nSPS) is 14.8. The fourth-order valence-corrected chi connectivity index (χ4v) is 3.63. The lowest BCUT2D eigenvalue weighted by Crippen LogP contribution is -2.44. The van der Waals surface area contributed by atoms with Gasteiger partial charge in [-0.1, -0.05) is 13.0 Å². The number of pyridine rings is 1. The minimum atomic E-state index is -4.37. The zero-order valence-electron chi connectivity index (χ0n) is 18.6. The van der Waals surface area contributed by atoms with E-state index in [9.17, 15) is 13.2 Å². The van der Waals surface area contributed by atoms with Crippen LogP contribution in [0.5, 0.6) is 0 Å². The van der Waals surface area contributed by atoms with Gasteiger partial charge in [0.25, 0.3) is 0 Å². The van der Waals surface area contributed by atoms with Gasteiger partial charge in [0.2, 0.25) is 5.95 Å². The van der Waals surface area contributed by atoms with Crippen LogP contribution in [0.15, 0.2) is 18.3 Å². The average Bonchev–Trinajstić information content (AvgIpc) is 3.16. The van der Waals surface area contributed by atoms with Crippen LogP contribution in [-0.4, -0.2) is 70.3 Å². The van der Waals surface area contributed by atoms with E-state index >= 15 is 0 Å². The van der Waals surface area contributed by atoms with Gasteiger partial charge in [0.15, 0.2) is 5.82 Å². The summed E-state index contributed by atoms with van der Waals surface area (Å²) in [6.45, 7) is 5.83. The highest BCUT2D eigenvalue weighted by molar-refractivity contribution is 5.90. The minimum Gasteiger partial charge on any atom is -0.370 e. The molecule has 1 fully saturated rings. The van der Waals surface area contributed by atoms with Crippen molar-refractivity contribution in [2.75, 3.05) is 49.6 Å². The first kappa shape index (κ1) is 23.2. The minimum absolute atomic E-state index is 0.138. The first-order chi connectivity index (χ1) is 15.8. The molecule has 0 aromatic carbocycles. The van der Waals surface area contributed by atoms with Crippen molar-refractivity contribution in [2.45, 2.75) is 33.0 Å². The van der Waals surface area contributed by atoms with Gasteiger partial charge in [-0.25, -0.2) is 9.97 Å². The van der Waals surface area contributed by atoms with Crippen molar-refractivity contribution < 1.29 is 17.9 Å². The lowest BCUT2D eigenvalue weighted by atomic mass is 10.2. The van der Waals surface area contributed by atoms with Crippen LogP contribution in [0.25, 0.3) is 11.0 Å². The number of aryl methyl sites for hydroxylation is 2. The number of nitrogens with zero attached hydrogens (tertiary/aromatic N) is 6. The number of fused-ring (bicyclic) bond motifs is 1. The number of alkyl halides is 3. The fourth-order valence-electron chi connectivity index (χ4n) is 3.63. The summed E-state index contributed by atoms with van der Waals surface area (Å²) < 4.78 is 43.8. The van der Waals surface area contributed by atoms with E-state index < -0.39 is 12.8 Å². The molecule has 33 heavy (non-hydrogen) atoms. The van der Waals surface area contributed by atoms with E-state index in [0.29, 0.717) is 35.0 Å². The zero-order chi connectivity index (χ0) is 23.4. The molecule has 0 aliphatic carbocycles. The third-order valence-electron chi connectivity index (χ3n) is 5.25. The van der Waals surface area contributed by atoms with E-state index in [1.807, 2.05) is 26.0 Å². The standard InChI is InChI=1S/C21H27F3N8O/c1-3-15-17-18(32(30-15)10-11-33-13-21(22,23)24)19(27-16-5-4-14(2)12-26-16)29-20(28-17)31-8-6-25-7-9-31/h4-5,12,25H,3,6-11,13H2,1-2H3,(H,26,27,28,29). The fraction of sp³-hybridized carbons (Fsp3) is 0.524. The van der Waals surface area contributed by atoms with Crippen molar-refractivity contribution in [3.05, 3.63) is 29.6 Å². The lowest BCUT2D eigenvalue weighted by Gasteiger charge is -2.27. The molecule has 0 saturated carbocycles. The number of ether oxygens (including phenoxy) is 1. The predicted molar refractivity (Wildman–Crippen MR) is 119 cm³/mol. The van der Waals surface area contributed by atoms with Crippen molar-refractivity contribution in [1.29, 1.82) is 0 Å². The van der Waals surface area contributed by atoms with Crippen molar-refractivity contribution in [3.8, 4) is 0 Å². The molecule has 2 N–H and O–H groups in total. The second-order valence-corrected chi connectivity index (χ2v) is 7.84. The lowest BCUT2D eigenvalue weighted by molar-refractivity contribution is -0.174. The third kappa shape index (κ3) is 5.69. The van der Waals surface area contributed by atoms with Crippen LogP contribution in [0.3, 0.4) is 0 Å². The molecule has 4 heterocycles. The van der Waals surface area contributed by atoms with E-state index in [2.05, 4.69) is 25.6 Å². The number of halogens is 3. The van der Waals surface area contributed by atoms with Crippen LogP contribution >= 0.6 is 0 Å². The van der Waals surface area contributed by atoms with Crippen LogP contribution in [0.2, 0.25) is 0 Å². The quantitative estimate of drug-likeness (QED) is 0.492. The molecule has 0 bridgehead atoms. The number of aromatic nitrogens is 5. The van der Waals surface area contributed by atoms with Crippen LogP contribution in [0.4, 0.5) is 30.8 Å². The summed E-state index contributed by atoms with van der Waals surface area (Å²) in [5.74, 6) is 1.69. The molecule has 0 atom stereocenters. The molecule has 12 heteroatoms. The molecule has 3 aromatic rings. The number of hydrogen-bond acceptors (Lipinski definition) is 8. The molecule has 0 unspecified atom stereocenters. The Morgan fingerprint density at radius 2 is 1.97 bits per heavy atom. The van der Waals surface area contributed by atoms with Crippen LogP contribution in [-0.2, 0) is 17.7 Å². The summed E-state index contributed by atoms with van der Waals surface area (Å²) in [6, 6.07) is 3.78. The Morgan fingerprint density at radius 3 is 2.64 bits per heavy atom. The van der Waals surface area contributed by atoms with E-state index in [-0.39, 0.29) is 13.2 Å². The summed E-state index contributed by atoms with van der Waals surface area (Å²) in [4.78, 5) is 16.1. The number of nitrogens with one attached hydrogen (secondary N) is 2. The first-order valence-electron chi connectivity index (χ1n) is 10.9. The van der Waals surface area contributed by atoms with Gasteiger partial charge in [-0.2, -0.15) is 23.3 Å². The van der Waals surface area contributed by atoms with Gasteiger partial charge in [-0.3, -0.25) is 4.68 Å². The molecule has 0 spiro atoms. The average molecular weight is 464 g/mol. The maximum atomic E-state index is 12.5. The Morgan fingerprint density at radius 1 is 1.18 bits per heavy atom. The number of anilines is 3. The van der Waals surface area contributed by atoms with Gasteiger partial charge in [0.1, 0.15) is 23.5 Å². The Labute approximate surface area is 189 Å². The Kier molecular flexibility index (Phi) is 6.94. The summed E-state index contributed by atoms with van der Waals surface area (Å²) in [5.41, 5.74) is 3.06. The van der Waals surface area contributed by atoms with Crippen LogP contribution in [0, 0.1) is 6.92 Å². The third-order valence-corrected chi connectivity index (χ3v) is 5.25. The molecule has 4 rings (SSSR count). The van der Waals surface area contributed by atoms with Gasteiger partial charge in [-0.05, 0) is 25.0 Å². The van der Waals surface area contributed by atoms with Gasteiger partial charge in [-0.15, -0.1) is 0 Å². The molecule has 178 valence electrons. The molecule has 3 aromatic heterocycles.